The van der Waals surface area contributed by atoms with E-state index in [2.05, 4.69) is 0 Å². The molecule has 0 atom stereocenters. The SMILES string of the molecule is OCC1(c2ccc(Cl)s2)COC1. The first-order valence-electron chi connectivity index (χ1n) is 3.71. The van der Waals surface area contributed by atoms with Gasteiger partial charge in [-0.1, -0.05) is 11.6 Å². The summed E-state index contributed by atoms with van der Waals surface area (Å²) < 4.78 is 5.86. The number of hydrogen-bond donors (Lipinski definition) is 1. The second-order valence-corrected chi connectivity index (χ2v) is 4.75. The molecule has 0 aliphatic carbocycles. The molecule has 0 aromatic carbocycles. The quantitative estimate of drug-likeness (QED) is 0.794. The highest BCUT2D eigenvalue weighted by molar-refractivity contribution is 7.16. The van der Waals surface area contributed by atoms with Gasteiger partial charge in [0, 0.05) is 4.88 Å². The Balaban J connectivity index is 2.27. The molecule has 2 heterocycles. The lowest BCUT2D eigenvalue weighted by atomic mass is 9.85. The van der Waals surface area contributed by atoms with Crippen LogP contribution in [0.2, 0.25) is 4.34 Å². The zero-order valence-corrected chi connectivity index (χ0v) is 7.99. The van der Waals surface area contributed by atoms with Crippen LogP contribution in [0, 0.1) is 0 Å². The number of aliphatic hydroxyl groups excluding tert-OH is 1. The van der Waals surface area contributed by atoms with Crippen molar-refractivity contribution in [3.63, 3.8) is 0 Å². The molecule has 0 radical (unpaired) electrons. The lowest BCUT2D eigenvalue weighted by molar-refractivity contribution is -0.0823. The van der Waals surface area contributed by atoms with Gasteiger partial charge >= 0.3 is 0 Å². The summed E-state index contributed by atoms with van der Waals surface area (Å²) in [5, 5.41) is 9.18. The molecule has 1 aliphatic rings. The van der Waals surface area contributed by atoms with E-state index in [1.54, 1.807) is 0 Å². The van der Waals surface area contributed by atoms with Crippen molar-refractivity contribution in [3.8, 4) is 0 Å². The van der Waals surface area contributed by atoms with Crippen LogP contribution in [0.15, 0.2) is 12.1 Å². The van der Waals surface area contributed by atoms with Crippen LogP contribution in [-0.4, -0.2) is 24.9 Å². The smallest absolute Gasteiger partial charge is 0.0931 e. The van der Waals surface area contributed by atoms with Crippen molar-refractivity contribution in [2.75, 3.05) is 19.8 Å². The molecule has 0 amide bonds. The van der Waals surface area contributed by atoms with Crippen LogP contribution < -0.4 is 0 Å². The van der Waals surface area contributed by atoms with Gasteiger partial charge < -0.3 is 9.84 Å². The van der Waals surface area contributed by atoms with E-state index in [-0.39, 0.29) is 12.0 Å². The number of halogens is 1. The fourth-order valence-electron chi connectivity index (χ4n) is 1.26. The Labute approximate surface area is 79.7 Å². The summed E-state index contributed by atoms with van der Waals surface area (Å²) in [6.45, 7) is 1.37. The Morgan fingerprint density at radius 3 is 2.67 bits per heavy atom. The van der Waals surface area contributed by atoms with Gasteiger partial charge in [0.25, 0.3) is 0 Å². The van der Waals surface area contributed by atoms with Crippen LogP contribution in [0.25, 0.3) is 0 Å². The third kappa shape index (κ3) is 1.17. The summed E-state index contributed by atoms with van der Waals surface area (Å²) in [6, 6.07) is 3.82. The molecule has 1 aromatic heterocycles. The van der Waals surface area contributed by atoms with Gasteiger partial charge in [-0.05, 0) is 12.1 Å². The Morgan fingerprint density at radius 1 is 1.58 bits per heavy atom. The average molecular weight is 205 g/mol. The molecule has 1 aromatic rings. The molecule has 4 heteroatoms. The van der Waals surface area contributed by atoms with Gasteiger partial charge in [-0.3, -0.25) is 0 Å². The van der Waals surface area contributed by atoms with Crippen LogP contribution in [0.1, 0.15) is 4.88 Å². The molecule has 1 saturated heterocycles. The van der Waals surface area contributed by atoms with Gasteiger partial charge in [0.15, 0.2) is 0 Å². The minimum atomic E-state index is -0.155. The highest BCUT2D eigenvalue weighted by Crippen LogP contribution is 2.37. The van der Waals surface area contributed by atoms with Crippen LogP contribution in [-0.2, 0) is 10.2 Å². The average Bonchev–Trinajstić information content (AvgIpc) is 2.35. The van der Waals surface area contributed by atoms with Crippen molar-refractivity contribution in [3.05, 3.63) is 21.3 Å². The van der Waals surface area contributed by atoms with Crippen molar-refractivity contribution in [1.82, 2.24) is 0 Å². The first-order valence-corrected chi connectivity index (χ1v) is 4.91. The van der Waals surface area contributed by atoms with Crippen molar-refractivity contribution < 1.29 is 9.84 Å². The van der Waals surface area contributed by atoms with Crippen LogP contribution >= 0.6 is 22.9 Å². The summed E-state index contributed by atoms with van der Waals surface area (Å²) in [6.07, 6.45) is 0. The molecule has 0 spiro atoms. The summed E-state index contributed by atoms with van der Waals surface area (Å²) >= 11 is 7.32. The Hall–Kier alpha value is -0.0900. The van der Waals surface area contributed by atoms with E-state index in [9.17, 15) is 5.11 Å². The van der Waals surface area contributed by atoms with Gasteiger partial charge in [-0.2, -0.15) is 0 Å². The monoisotopic (exact) mass is 204 g/mol. The lowest BCUT2D eigenvalue weighted by Crippen LogP contribution is -2.49. The fraction of sp³-hybridized carbons (Fsp3) is 0.500. The first kappa shape index (κ1) is 8.51. The minimum absolute atomic E-state index is 0.143. The number of ether oxygens (including phenoxy) is 1. The predicted molar refractivity (Wildman–Crippen MR) is 48.9 cm³/mol. The van der Waals surface area contributed by atoms with E-state index in [1.807, 2.05) is 12.1 Å². The van der Waals surface area contributed by atoms with E-state index in [4.69, 9.17) is 16.3 Å². The number of aliphatic hydroxyl groups is 1. The Kier molecular flexibility index (Phi) is 2.12. The van der Waals surface area contributed by atoms with Crippen molar-refractivity contribution >= 4 is 22.9 Å². The van der Waals surface area contributed by atoms with E-state index in [0.29, 0.717) is 13.2 Å². The molecular formula is C8H9ClO2S. The van der Waals surface area contributed by atoms with Crippen molar-refractivity contribution in [2.45, 2.75) is 5.41 Å². The highest BCUT2D eigenvalue weighted by Gasteiger charge is 2.40. The summed E-state index contributed by atoms with van der Waals surface area (Å²) in [7, 11) is 0. The Bertz CT molecular complexity index is 275. The van der Waals surface area contributed by atoms with Crippen molar-refractivity contribution in [2.24, 2.45) is 0 Å². The molecule has 2 nitrogen and oxygen atoms in total. The molecule has 12 heavy (non-hydrogen) atoms. The molecule has 2 rings (SSSR count). The predicted octanol–water partition coefficient (Wildman–Crippen LogP) is 1.66. The molecule has 0 unspecified atom stereocenters. The number of hydrogen-bond acceptors (Lipinski definition) is 3. The highest BCUT2D eigenvalue weighted by atomic mass is 35.5. The first-order chi connectivity index (χ1) is 5.77. The molecule has 1 N–H and O–H groups in total. The third-order valence-electron chi connectivity index (χ3n) is 2.16. The topological polar surface area (TPSA) is 29.5 Å². The number of thiophene rings is 1. The van der Waals surface area contributed by atoms with E-state index in [1.165, 1.54) is 11.3 Å². The minimum Gasteiger partial charge on any atom is -0.395 e. The maximum absolute atomic E-state index is 9.18. The van der Waals surface area contributed by atoms with Gasteiger partial charge in [0.1, 0.15) is 0 Å². The lowest BCUT2D eigenvalue weighted by Gasteiger charge is -2.38. The van der Waals surface area contributed by atoms with Crippen molar-refractivity contribution in [1.29, 1.82) is 0 Å². The standard InChI is InChI=1S/C8H9ClO2S/c9-7-2-1-6(12-7)8(3-10)4-11-5-8/h1-2,10H,3-5H2. The molecule has 0 saturated carbocycles. The van der Waals surface area contributed by atoms with Crippen LogP contribution in [0.4, 0.5) is 0 Å². The maximum atomic E-state index is 9.18. The van der Waals surface area contributed by atoms with E-state index < -0.39 is 0 Å². The second kappa shape index (κ2) is 3.00. The van der Waals surface area contributed by atoms with Gasteiger partial charge in [-0.25, -0.2) is 0 Å². The van der Waals surface area contributed by atoms with E-state index >= 15 is 0 Å². The largest absolute Gasteiger partial charge is 0.395 e. The van der Waals surface area contributed by atoms with Crippen LogP contribution in [0.5, 0.6) is 0 Å². The molecule has 66 valence electrons. The second-order valence-electron chi connectivity index (χ2n) is 3.04. The maximum Gasteiger partial charge on any atom is 0.0931 e. The third-order valence-corrected chi connectivity index (χ3v) is 3.63. The summed E-state index contributed by atoms with van der Waals surface area (Å²) in [5.41, 5.74) is -0.155. The number of rotatable bonds is 2. The van der Waals surface area contributed by atoms with Gasteiger partial charge in [0.2, 0.25) is 0 Å². The van der Waals surface area contributed by atoms with Crippen LogP contribution in [0.3, 0.4) is 0 Å². The molecule has 0 bridgehead atoms. The van der Waals surface area contributed by atoms with Gasteiger partial charge in [0.05, 0.1) is 29.6 Å². The molecule has 1 fully saturated rings. The van der Waals surface area contributed by atoms with Gasteiger partial charge in [-0.15, -0.1) is 11.3 Å². The Morgan fingerprint density at radius 2 is 2.33 bits per heavy atom. The fourth-order valence-corrected chi connectivity index (χ4v) is 2.45. The summed E-state index contributed by atoms with van der Waals surface area (Å²) in [4.78, 5) is 1.13. The van der Waals surface area contributed by atoms with E-state index in [0.717, 1.165) is 9.21 Å². The normalized spacial score (nSPS) is 20.5. The molecule has 1 aliphatic heterocycles. The summed E-state index contributed by atoms with van der Waals surface area (Å²) in [5.74, 6) is 0. The zero-order valence-electron chi connectivity index (χ0n) is 6.42. The molecular weight excluding hydrogens is 196 g/mol. The zero-order chi connectivity index (χ0) is 8.60.